The van der Waals surface area contributed by atoms with Gasteiger partial charge in [-0.25, -0.2) is 0 Å². The second-order valence-corrected chi connectivity index (χ2v) is 10.2. The fourth-order valence-corrected chi connectivity index (χ4v) is 5.19. The topological polar surface area (TPSA) is 111 Å². The van der Waals surface area contributed by atoms with Crippen molar-refractivity contribution < 1.29 is 14.3 Å². The van der Waals surface area contributed by atoms with Gasteiger partial charge in [-0.1, -0.05) is 11.6 Å². The molecule has 1 unspecified atom stereocenters. The van der Waals surface area contributed by atoms with Crippen molar-refractivity contribution in [3.05, 3.63) is 39.8 Å². The van der Waals surface area contributed by atoms with Crippen molar-refractivity contribution in [3.8, 4) is 5.88 Å². The number of hydrogen-bond donors (Lipinski definition) is 1. The summed E-state index contributed by atoms with van der Waals surface area (Å²) in [6.45, 7) is 1.77. The molecule has 0 saturated carbocycles. The molecule has 1 amide bonds. The van der Waals surface area contributed by atoms with E-state index in [1.807, 2.05) is 6.92 Å². The Morgan fingerprint density at radius 1 is 1.35 bits per heavy atom. The molecule has 2 N–H and O–H groups in total. The number of rotatable bonds is 8. The van der Waals surface area contributed by atoms with Crippen LogP contribution in [-0.2, 0) is 28.2 Å². The summed E-state index contributed by atoms with van der Waals surface area (Å²) < 4.78 is 6.20. The van der Waals surface area contributed by atoms with Gasteiger partial charge in [0.05, 0.1) is 5.02 Å². The Balaban J connectivity index is 1.73. The van der Waals surface area contributed by atoms with Crippen LogP contribution in [0.2, 0.25) is 9.00 Å². The third-order valence-electron chi connectivity index (χ3n) is 4.93. The molecule has 11 heteroatoms. The first-order valence-electron chi connectivity index (χ1n) is 9.77. The van der Waals surface area contributed by atoms with E-state index in [1.165, 1.54) is 16.7 Å². The van der Waals surface area contributed by atoms with Crippen LogP contribution in [0.4, 0.5) is 0 Å². The van der Waals surface area contributed by atoms with Crippen molar-refractivity contribution >= 4 is 61.0 Å². The van der Waals surface area contributed by atoms with Crippen LogP contribution in [0.5, 0.6) is 5.88 Å². The number of esters is 1. The molecule has 2 aromatic rings. The van der Waals surface area contributed by atoms with Gasteiger partial charge in [-0.2, -0.15) is 0 Å². The zero-order valence-electron chi connectivity index (χ0n) is 17.4. The predicted octanol–water partition coefficient (Wildman–Crippen LogP) is 1.89. The average Bonchev–Trinajstić information content (AvgIpc) is 3.21. The van der Waals surface area contributed by atoms with Gasteiger partial charge >= 0.3 is 155 Å². The Morgan fingerprint density at radius 3 is 2.84 bits per heavy atom. The molecule has 8 nitrogen and oxygen atoms in total. The summed E-state index contributed by atoms with van der Waals surface area (Å²) in [5.41, 5.74) is 9.53. The predicted molar refractivity (Wildman–Crippen MR) is 119 cm³/mol. The van der Waals surface area contributed by atoms with Crippen molar-refractivity contribution in [2.24, 2.45) is 5.73 Å². The van der Waals surface area contributed by atoms with Gasteiger partial charge in [0.15, 0.2) is 0 Å². The van der Waals surface area contributed by atoms with Crippen LogP contribution in [0.1, 0.15) is 28.8 Å². The molecular weight excluding hydrogens is 633 g/mol. The summed E-state index contributed by atoms with van der Waals surface area (Å²) >= 11 is 8.52. The molecule has 163 valence electrons. The number of nitrogens with two attached hydrogens (primary N) is 1. The second-order valence-electron chi connectivity index (χ2n) is 7.27. The Bertz CT molecular complexity index is 973. The average molecular weight is 656 g/mol. The standard InChI is InChI=1S/C20H23ClN5O3S.Pb/c1-11-7-23-8-15(21)14(11)10-30-20-24-16-6-4-5-13(16)18(25-20)29-17(27)9-26(3)19(28)12(2)22;/h7-8,12H,2,4-6,9-10,22H2,1,3H3;. The fourth-order valence-electron chi connectivity index (χ4n) is 3.19. The quantitative estimate of drug-likeness (QED) is 0.199. The van der Waals surface area contributed by atoms with E-state index in [1.54, 1.807) is 19.4 Å². The molecule has 1 aliphatic carbocycles. The number of amides is 1. The molecule has 31 heavy (non-hydrogen) atoms. The first-order valence-corrected chi connectivity index (χ1v) is 13.9. The van der Waals surface area contributed by atoms with Crippen molar-refractivity contribution in [1.29, 1.82) is 0 Å². The molecule has 1 atom stereocenters. The molecule has 0 aliphatic heterocycles. The van der Waals surface area contributed by atoms with Crippen LogP contribution in [0, 0.1) is 6.92 Å². The number of carbonyl (C=O) groups excluding carboxylic acids is 2. The number of aromatic nitrogens is 3. The number of nitrogens with zero attached hydrogens (tertiary/aromatic N) is 4. The van der Waals surface area contributed by atoms with Gasteiger partial charge in [-0.05, 0) is 18.1 Å². The molecule has 2 heterocycles. The summed E-state index contributed by atoms with van der Waals surface area (Å²) in [6, 6.07) is -0.570. The first-order chi connectivity index (χ1) is 14.8. The van der Waals surface area contributed by atoms with E-state index in [2.05, 4.69) is 15.0 Å². The number of likely N-dealkylation sites (N-methyl/N-ethyl adjacent to an activating group) is 1. The summed E-state index contributed by atoms with van der Waals surface area (Å²) in [5.74, 6) is 0.0453. The summed E-state index contributed by atoms with van der Waals surface area (Å²) in [4.78, 5) is 39.1. The number of aryl methyl sites for hydroxylation is 2. The molecule has 2 aromatic heterocycles. The molecule has 0 spiro atoms. The van der Waals surface area contributed by atoms with Crippen molar-refractivity contribution in [1.82, 2.24) is 19.9 Å². The summed E-state index contributed by atoms with van der Waals surface area (Å²) in [7, 11) is 1.55. The number of ether oxygens (including phenoxy) is 1. The van der Waals surface area contributed by atoms with Gasteiger partial charge in [0, 0.05) is 12.4 Å². The minimum atomic E-state index is -0.570. The van der Waals surface area contributed by atoms with Gasteiger partial charge in [0.25, 0.3) is 0 Å². The Kier molecular flexibility index (Phi) is 8.65. The third kappa shape index (κ3) is 6.14. The molecule has 0 aromatic carbocycles. The van der Waals surface area contributed by atoms with E-state index in [9.17, 15) is 9.59 Å². The molecule has 0 bridgehead atoms. The van der Waals surface area contributed by atoms with Crippen LogP contribution in [0.25, 0.3) is 0 Å². The zero-order chi connectivity index (χ0) is 22.5. The van der Waals surface area contributed by atoms with Crippen LogP contribution in [0.3, 0.4) is 0 Å². The van der Waals surface area contributed by atoms with Crippen LogP contribution in [-0.4, -0.2) is 77.1 Å². The van der Waals surface area contributed by atoms with Crippen molar-refractivity contribution in [2.45, 2.75) is 47.1 Å². The van der Waals surface area contributed by atoms with E-state index in [-0.39, 0.29) is 18.3 Å². The van der Waals surface area contributed by atoms with Gasteiger partial charge in [-0.3, -0.25) is 4.98 Å². The minimum absolute atomic E-state index is 0.179. The molecule has 1 aliphatic rings. The number of pyridine rings is 1. The van der Waals surface area contributed by atoms with E-state index in [0.717, 1.165) is 67.4 Å². The van der Waals surface area contributed by atoms with Crippen molar-refractivity contribution in [3.63, 3.8) is 0 Å². The van der Waals surface area contributed by atoms with Gasteiger partial charge < -0.3 is 0 Å². The SMILES string of the molecule is Cc1cncc(Cl)c1CSc1nc2c(c(OC(=O)CN(C)C(=O)C(N)[CH2][Pb])n1)CCC2. The Morgan fingerprint density at radius 2 is 2.13 bits per heavy atom. The van der Waals surface area contributed by atoms with Crippen LogP contribution in [0.15, 0.2) is 17.6 Å². The molecule has 3 radical (unpaired) electrons. The van der Waals surface area contributed by atoms with Crippen LogP contribution < -0.4 is 10.5 Å². The number of hydrogen-bond acceptors (Lipinski definition) is 8. The van der Waals surface area contributed by atoms with E-state index < -0.39 is 12.0 Å². The number of carbonyl (C=O) groups is 2. The van der Waals surface area contributed by atoms with Crippen LogP contribution >= 0.6 is 23.4 Å². The summed E-state index contributed by atoms with van der Waals surface area (Å²) in [5, 5.41) is 1.12. The van der Waals surface area contributed by atoms with Gasteiger partial charge in [0.1, 0.15) is 0 Å². The summed E-state index contributed by atoms with van der Waals surface area (Å²) in [6.07, 6.45) is 5.90. The molecule has 0 saturated heterocycles. The fraction of sp³-hybridized carbons (Fsp3) is 0.450. The molecular formula is C20H23ClN5O3PbS. The van der Waals surface area contributed by atoms with Gasteiger partial charge in [-0.15, -0.1) is 0 Å². The van der Waals surface area contributed by atoms with E-state index in [4.69, 9.17) is 22.1 Å². The maximum absolute atomic E-state index is 12.5. The Hall–Kier alpha value is -1.31. The first kappa shape index (κ1) is 24.3. The zero-order valence-corrected chi connectivity index (χ0v) is 22.8. The van der Waals surface area contributed by atoms with Gasteiger partial charge in [0.2, 0.25) is 0 Å². The normalized spacial score (nSPS) is 13.6. The second kappa shape index (κ2) is 11.0. The molecule has 0 fully saturated rings. The number of halogens is 1. The monoisotopic (exact) mass is 656 g/mol. The van der Waals surface area contributed by atoms with E-state index >= 15 is 0 Å². The third-order valence-corrected chi connectivity index (χ3v) is 7.84. The molecule has 3 rings (SSSR count). The maximum atomic E-state index is 12.5. The Labute approximate surface area is 206 Å². The van der Waals surface area contributed by atoms with Crippen molar-refractivity contribution in [2.75, 3.05) is 13.6 Å². The number of thioether (sulfide) groups is 1. The number of fused-ring (bicyclic) bond motifs is 1. The van der Waals surface area contributed by atoms with E-state index in [0.29, 0.717) is 19.9 Å².